The number of rotatable bonds is 1. The summed E-state index contributed by atoms with van der Waals surface area (Å²) < 4.78 is 0. The van der Waals surface area contributed by atoms with Gasteiger partial charge in [0.25, 0.3) is 0 Å². The molecular formula is C12H11B. The highest BCUT2D eigenvalue weighted by Crippen LogP contribution is 2.23. The van der Waals surface area contributed by atoms with Crippen LogP contribution in [0.5, 0.6) is 0 Å². The average molecular weight is 166 g/mol. The summed E-state index contributed by atoms with van der Waals surface area (Å²) in [5.41, 5.74) is 1.22. The van der Waals surface area contributed by atoms with Crippen LogP contribution in [0.25, 0.3) is 10.8 Å². The number of hydrogen-bond acceptors (Lipinski definition) is 0. The third-order valence-electron chi connectivity index (χ3n) is 2.31. The Morgan fingerprint density at radius 3 is 2.46 bits per heavy atom. The lowest BCUT2D eigenvalue weighted by molar-refractivity contribution is 1.10. The van der Waals surface area contributed by atoms with E-state index in [9.17, 15) is 0 Å². The van der Waals surface area contributed by atoms with Crippen LogP contribution < -0.4 is 0 Å². The van der Waals surface area contributed by atoms with Crippen LogP contribution in [-0.2, 0) is 0 Å². The molecule has 0 heterocycles. The van der Waals surface area contributed by atoms with E-state index in [1.165, 1.54) is 16.3 Å². The molecule has 0 aliphatic rings. The average Bonchev–Trinajstić information content (AvgIpc) is 2.17. The molecule has 2 rings (SSSR count). The van der Waals surface area contributed by atoms with Crippen LogP contribution in [0.3, 0.4) is 0 Å². The van der Waals surface area contributed by atoms with Crippen LogP contribution in [0.15, 0.2) is 42.5 Å². The van der Waals surface area contributed by atoms with Crippen molar-refractivity contribution in [3.05, 3.63) is 48.0 Å². The van der Waals surface area contributed by atoms with Gasteiger partial charge in [-0.15, -0.1) is 0 Å². The van der Waals surface area contributed by atoms with E-state index >= 15 is 0 Å². The molecule has 13 heavy (non-hydrogen) atoms. The van der Waals surface area contributed by atoms with Crippen LogP contribution in [0.4, 0.5) is 0 Å². The van der Waals surface area contributed by atoms with Crippen molar-refractivity contribution in [3.63, 3.8) is 0 Å². The van der Waals surface area contributed by atoms with Crippen molar-refractivity contribution in [2.75, 3.05) is 0 Å². The minimum absolute atomic E-state index is 0.103. The summed E-state index contributed by atoms with van der Waals surface area (Å²) in [6.45, 7) is 2.02. The van der Waals surface area contributed by atoms with Gasteiger partial charge in [-0.25, -0.2) is 0 Å². The first-order chi connectivity index (χ1) is 6.29. The summed E-state index contributed by atoms with van der Waals surface area (Å²) in [6.07, 6.45) is 0. The predicted molar refractivity (Wildman–Crippen MR) is 58.1 cm³/mol. The van der Waals surface area contributed by atoms with Crippen molar-refractivity contribution in [1.82, 2.24) is 0 Å². The first-order valence-corrected chi connectivity index (χ1v) is 4.52. The van der Waals surface area contributed by atoms with E-state index in [0.29, 0.717) is 0 Å². The monoisotopic (exact) mass is 166 g/mol. The molecule has 2 radical (unpaired) electrons. The van der Waals surface area contributed by atoms with E-state index in [-0.39, 0.29) is 5.82 Å². The summed E-state index contributed by atoms with van der Waals surface area (Å²) in [4.78, 5) is 0. The van der Waals surface area contributed by atoms with Gasteiger partial charge in [0.1, 0.15) is 0 Å². The van der Waals surface area contributed by atoms with E-state index in [1.807, 2.05) is 19.1 Å². The van der Waals surface area contributed by atoms with Gasteiger partial charge in [-0.2, -0.15) is 0 Å². The molecule has 1 unspecified atom stereocenters. The van der Waals surface area contributed by atoms with Crippen LogP contribution in [0, 0.1) is 0 Å². The summed E-state index contributed by atoms with van der Waals surface area (Å²) in [7, 11) is 5.88. The lowest BCUT2D eigenvalue weighted by atomic mass is 9.81. The Balaban J connectivity index is 2.76. The van der Waals surface area contributed by atoms with Gasteiger partial charge < -0.3 is 0 Å². The molecule has 0 N–H and O–H groups in total. The number of hydrogen-bond donors (Lipinski definition) is 0. The molecule has 0 nitrogen and oxygen atoms in total. The first-order valence-electron chi connectivity index (χ1n) is 4.52. The van der Waals surface area contributed by atoms with Crippen LogP contribution in [0.1, 0.15) is 18.3 Å². The molecule has 0 amide bonds. The molecule has 0 aliphatic heterocycles. The van der Waals surface area contributed by atoms with Gasteiger partial charge in [0.2, 0.25) is 0 Å². The largest absolute Gasteiger partial charge is 0.0760 e. The van der Waals surface area contributed by atoms with Crippen molar-refractivity contribution in [2.24, 2.45) is 0 Å². The molecule has 2 aromatic carbocycles. The second-order valence-corrected chi connectivity index (χ2v) is 3.36. The standard InChI is InChI=1S/C12H11B/c1-9(13)11-8-4-6-10-5-2-3-7-12(10)11/h2-9H,1H3. The van der Waals surface area contributed by atoms with Crippen molar-refractivity contribution in [1.29, 1.82) is 0 Å². The smallest absolute Gasteiger partial charge is 0.0664 e. The van der Waals surface area contributed by atoms with Crippen LogP contribution in [0.2, 0.25) is 0 Å². The van der Waals surface area contributed by atoms with Gasteiger partial charge in [-0.1, -0.05) is 55.2 Å². The summed E-state index contributed by atoms with van der Waals surface area (Å²) in [6, 6.07) is 14.6. The van der Waals surface area contributed by atoms with Crippen LogP contribution >= 0.6 is 0 Å². The van der Waals surface area contributed by atoms with Gasteiger partial charge >= 0.3 is 0 Å². The maximum absolute atomic E-state index is 5.88. The molecule has 0 saturated carbocycles. The van der Waals surface area contributed by atoms with Gasteiger partial charge in [0, 0.05) is 0 Å². The molecule has 0 spiro atoms. The molecule has 2 aromatic rings. The molecule has 0 aliphatic carbocycles. The van der Waals surface area contributed by atoms with Gasteiger partial charge in [0.15, 0.2) is 0 Å². The minimum atomic E-state index is 0.103. The van der Waals surface area contributed by atoms with Gasteiger partial charge in [0.05, 0.1) is 7.85 Å². The Morgan fingerprint density at radius 2 is 1.69 bits per heavy atom. The summed E-state index contributed by atoms with van der Waals surface area (Å²) in [5.74, 6) is 0.103. The Morgan fingerprint density at radius 1 is 1.00 bits per heavy atom. The highest BCUT2D eigenvalue weighted by atomic mass is 14.0. The molecule has 62 valence electrons. The van der Waals surface area contributed by atoms with Gasteiger partial charge in [-0.3, -0.25) is 0 Å². The van der Waals surface area contributed by atoms with E-state index in [2.05, 4.69) is 30.3 Å². The zero-order valence-electron chi connectivity index (χ0n) is 7.70. The Hall–Kier alpha value is -1.24. The molecule has 0 bridgehead atoms. The fourth-order valence-electron chi connectivity index (χ4n) is 1.65. The quantitative estimate of drug-likeness (QED) is 0.571. The van der Waals surface area contributed by atoms with Crippen molar-refractivity contribution in [3.8, 4) is 0 Å². The highest BCUT2D eigenvalue weighted by Gasteiger charge is 2.02. The van der Waals surface area contributed by atoms with E-state index in [0.717, 1.165) is 0 Å². The lowest BCUT2D eigenvalue weighted by Crippen LogP contribution is -1.92. The molecular weight excluding hydrogens is 155 g/mol. The fourth-order valence-corrected chi connectivity index (χ4v) is 1.65. The minimum Gasteiger partial charge on any atom is -0.0664 e. The van der Waals surface area contributed by atoms with E-state index in [1.54, 1.807) is 0 Å². The van der Waals surface area contributed by atoms with Crippen molar-refractivity contribution in [2.45, 2.75) is 12.7 Å². The maximum atomic E-state index is 5.88. The third-order valence-corrected chi connectivity index (χ3v) is 2.31. The second-order valence-electron chi connectivity index (χ2n) is 3.36. The molecule has 0 saturated heterocycles. The second kappa shape index (κ2) is 3.25. The lowest BCUT2D eigenvalue weighted by Gasteiger charge is -2.09. The summed E-state index contributed by atoms with van der Waals surface area (Å²) in [5, 5.41) is 2.53. The normalized spacial score (nSPS) is 13.0. The van der Waals surface area contributed by atoms with E-state index < -0.39 is 0 Å². The maximum Gasteiger partial charge on any atom is 0.0760 e. The van der Waals surface area contributed by atoms with Crippen molar-refractivity contribution >= 4 is 18.6 Å². The van der Waals surface area contributed by atoms with Gasteiger partial charge in [-0.05, 0) is 16.3 Å². The summed E-state index contributed by atoms with van der Waals surface area (Å²) >= 11 is 0. The molecule has 0 aromatic heterocycles. The molecule has 0 fully saturated rings. The molecule has 1 atom stereocenters. The van der Waals surface area contributed by atoms with E-state index in [4.69, 9.17) is 7.85 Å². The fraction of sp³-hybridized carbons (Fsp3) is 0.167. The molecule has 1 heteroatoms. The Labute approximate surface area is 80.0 Å². The number of benzene rings is 2. The zero-order chi connectivity index (χ0) is 9.26. The SMILES string of the molecule is [B]C(C)c1cccc2ccccc12. The first kappa shape index (κ1) is 8.37. The number of fused-ring (bicyclic) bond motifs is 1. The zero-order valence-corrected chi connectivity index (χ0v) is 7.70. The highest BCUT2D eigenvalue weighted by molar-refractivity contribution is 6.13. The topological polar surface area (TPSA) is 0 Å². The third kappa shape index (κ3) is 1.46. The Kier molecular flexibility index (Phi) is 2.09. The Bertz CT molecular complexity index is 413. The van der Waals surface area contributed by atoms with Crippen molar-refractivity contribution < 1.29 is 0 Å². The van der Waals surface area contributed by atoms with Crippen LogP contribution in [-0.4, -0.2) is 7.85 Å². The predicted octanol–water partition coefficient (Wildman–Crippen LogP) is 3.07.